The molecule has 0 aromatic heterocycles. The Morgan fingerprint density at radius 3 is 2.36 bits per heavy atom. The van der Waals surface area contributed by atoms with Gasteiger partial charge in [-0.3, -0.25) is 4.79 Å². The van der Waals surface area contributed by atoms with Gasteiger partial charge in [0.1, 0.15) is 0 Å². The minimum atomic E-state index is -0.436. The minimum Gasteiger partial charge on any atom is -0.464 e. The lowest BCUT2D eigenvalue weighted by Crippen LogP contribution is -2.51. The van der Waals surface area contributed by atoms with Crippen molar-refractivity contribution in [3.63, 3.8) is 0 Å². The predicted molar refractivity (Wildman–Crippen MR) is 103 cm³/mol. The van der Waals surface area contributed by atoms with Crippen LogP contribution in [-0.2, 0) is 14.9 Å². The first kappa shape index (κ1) is 17.5. The quantitative estimate of drug-likeness (QED) is 0.680. The smallest absolute Gasteiger partial charge is 0.316 e. The van der Waals surface area contributed by atoms with Gasteiger partial charge >= 0.3 is 5.97 Å². The normalized spacial score (nSPS) is 30.8. The lowest BCUT2D eigenvalue weighted by Gasteiger charge is -2.48. The van der Waals surface area contributed by atoms with Crippen LogP contribution in [0.4, 0.5) is 0 Å². The third kappa shape index (κ3) is 3.40. The first-order valence-electron chi connectivity index (χ1n) is 9.78. The monoisotopic (exact) mass is 405 g/mol. The van der Waals surface area contributed by atoms with Crippen molar-refractivity contribution in [1.82, 2.24) is 4.90 Å². The number of carbonyl (C=O) groups excluding carboxylic acids is 1. The summed E-state index contributed by atoms with van der Waals surface area (Å²) >= 11 is 3.57. The van der Waals surface area contributed by atoms with Gasteiger partial charge in [0.15, 0.2) is 0 Å². The molecular weight excluding hydrogens is 378 g/mol. The van der Waals surface area contributed by atoms with Crippen LogP contribution in [0.1, 0.15) is 56.9 Å². The fourth-order valence-corrected chi connectivity index (χ4v) is 5.42. The number of halogens is 1. The predicted octanol–water partition coefficient (Wildman–Crippen LogP) is 4.68. The molecule has 0 amide bonds. The van der Waals surface area contributed by atoms with E-state index in [-0.39, 0.29) is 11.4 Å². The van der Waals surface area contributed by atoms with Gasteiger partial charge < -0.3 is 9.64 Å². The van der Waals surface area contributed by atoms with Crippen molar-refractivity contribution in [3.05, 3.63) is 34.3 Å². The largest absolute Gasteiger partial charge is 0.464 e. The van der Waals surface area contributed by atoms with Crippen LogP contribution in [0.3, 0.4) is 0 Å². The van der Waals surface area contributed by atoms with Crippen molar-refractivity contribution < 1.29 is 9.53 Å². The molecule has 0 spiro atoms. The molecule has 136 valence electrons. The highest BCUT2D eigenvalue weighted by Gasteiger charge is 2.45. The molecule has 0 N–H and O–H groups in total. The molecular formula is C21H28BrNO2. The molecule has 1 aliphatic carbocycles. The van der Waals surface area contributed by atoms with Crippen LogP contribution in [0.25, 0.3) is 0 Å². The van der Waals surface area contributed by atoms with E-state index in [1.165, 1.54) is 45.3 Å². The van der Waals surface area contributed by atoms with Gasteiger partial charge in [-0.1, -0.05) is 47.3 Å². The Bertz CT molecular complexity index is 617. The van der Waals surface area contributed by atoms with Gasteiger partial charge in [0.05, 0.1) is 12.0 Å². The van der Waals surface area contributed by atoms with E-state index < -0.39 is 5.41 Å². The Morgan fingerprint density at radius 1 is 1.04 bits per heavy atom. The average molecular weight is 406 g/mol. The second kappa shape index (κ2) is 7.03. The zero-order valence-electron chi connectivity index (χ0n) is 14.9. The molecule has 3 saturated heterocycles. The highest BCUT2D eigenvalue weighted by molar-refractivity contribution is 9.10. The van der Waals surface area contributed by atoms with Gasteiger partial charge in [-0.05, 0) is 69.4 Å². The summed E-state index contributed by atoms with van der Waals surface area (Å²) < 4.78 is 7.11. The van der Waals surface area contributed by atoms with Crippen molar-refractivity contribution in [1.29, 1.82) is 0 Å². The fraction of sp³-hybridized carbons (Fsp3) is 0.667. The van der Waals surface area contributed by atoms with Crippen LogP contribution in [0.15, 0.2) is 28.7 Å². The molecule has 4 heteroatoms. The Hall–Kier alpha value is -0.870. The summed E-state index contributed by atoms with van der Waals surface area (Å²) in [5.74, 6) is 0.0210. The molecule has 1 aromatic rings. The van der Waals surface area contributed by atoms with E-state index in [1.807, 2.05) is 12.1 Å². The summed E-state index contributed by atoms with van der Waals surface area (Å²) in [6.45, 7) is 4.15. The summed E-state index contributed by atoms with van der Waals surface area (Å²) in [4.78, 5) is 15.8. The van der Waals surface area contributed by atoms with Gasteiger partial charge in [-0.25, -0.2) is 0 Å². The van der Waals surface area contributed by atoms with E-state index in [0.717, 1.165) is 35.7 Å². The van der Waals surface area contributed by atoms with Crippen molar-refractivity contribution in [2.75, 3.05) is 26.2 Å². The minimum absolute atomic E-state index is 0.0210. The number of rotatable bonds is 4. The average Bonchev–Trinajstić information content (AvgIpc) is 2.68. The number of piperidine rings is 3. The van der Waals surface area contributed by atoms with E-state index in [2.05, 4.69) is 33.0 Å². The topological polar surface area (TPSA) is 29.5 Å². The lowest BCUT2D eigenvalue weighted by atomic mass is 9.69. The number of esters is 1. The SMILES string of the molecule is O=C(OCC12CCN(CC1)CC2)C1(c2cccc(Br)c2)CCCCC1. The lowest BCUT2D eigenvalue weighted by molar-refractivity contribution is -0.159. The second-order valence-corrected chi connectivity index (χ2v) is 9.24. The Labute approximate surface area is 159 Å². The van der Waals surface area contributed by atoms with Gasteiger partial charge in [0.25, 0.3) is 0 Å². The highest BCUT2D eigenvalue weighted by Crippen LogP contribution is 2.44. The molecule has 3 aliphatic heterocycles. The molecule has 1 aromatic carbocycles. The fourth-order valence-electron chi connectivity index (χ4n) is 5.02. The van der Waals surface area contributed by atoms with Crippen LogP contribution in [0, 0.1) is 5.41 Å². The molecule has 0 atom stereocenters. The van der Waals surface area contributed by atoms with Crippen molar-refractivity contribution in [2.45, 2.75) is 56.8 Å². The summed E-state index contributed by atoms with van der Waals surface area (Å²) in [5.41, 5.74) is 0.938. The molecule has 5 rings (SSSR count). The van der Waals surface area contributed by atoms with E-state index in [9.17, 15) is 4.79 Å². The maximum absolute atomic E-state index is 13.3. The third-order valence-electron chi connectivity index (χ3n) is 6.86. The van der Waals surface area contributed by atoms with E-state index in [0.29, 0.717) is 6.61 Å². The number of ether oxygens (including phenoxy) is 1. The van der Waals surface area contributed by atoms with Crippen LogP contribution in [0.5, 0.6) is 0 Å². The number of carbonyl (C=O) groups is 1. The summed E-state index contributed by atoms with van der Waals surface area (Å²) in [6, 6.07) is 8.29. The summed E-state index contributed by atoms with van der Waals surface area (Å²) in [7, 11) is 0. The summed E-state index contributed by atoms with van der Waals surface area (Å²) in [6.07, 6.45) is 8.84. The standard InChI is InChI=1S/C21H28BrNO2/c22-18-6-4-5-17(15-18)21(7-2-1-3-8-21)19(24)25-16-20-9-12-23(13-10-20)14-11-20/h4-6,15H,1-3,7-14,16H2. The maximum Gasteiger partial charge on any atom is 0.316 e. The first-order chi connectivity index (χ1) is 12.1. The zero-order chi connectivity index (χ0) is 17.3. The Balaban J connectivity index is 1.52. The van der Waals surface area contributed by atoms with Crippen LogP contribution < -0.4 is 0 Å². The van der Waals surface area contributed by atoms with Crippen molar-refractivity contribution >= 4 is 21.9 Å². The zero-order valence-corrected chi connectivity index (χ0v) is 16.5. The van der Waals surface area contributed by atoms with Crippen molar-refractivity contribution in [2.24, 2.45) is 5.41 Å². The summed E-state index contributed by atoms with van der Waals surface area (Å²) in [5, 5.41) is 0. The number of hydrogen-bond acceptors (Lipinski definition) is 3. The van der Waals surface area contributed by atoms with E-state index in [1.54, 1.807) is 0 Å². The van der Waals surface area contributed by atoms with Crippen LogP contribution >= 0.6 is 15.9 Å². The molecule has 3 heterocycles. The van der Waals surface area contributed by atoms with Gasteiger partial charge in [-0.2, -0.15) is 0 Å². The molecule has 0 radical (unpaired) electrons. The number of fused-ring (bicyclic) bond motifs is 3. The highest BCUT2D eigenvalue weighted by atomic mass is 79.9. The van der Waals surface area contributed by atoms with E-state index >= 15 is 0 Å². The van der Waals surface area contributed by atoms with Crippen LogP contribution in [0.2, 0.25) is 0 Å². The van der Waals surface area contributed by atoms with Gasteiger partial charge in [-0.15, -0.1) is 0 Å². The molecule has 4 fully saturated rings. The molecule has 25 heavy (non-hydrogen) atoms. The molecule has 2 bridgehead atoms. The Kier molecular flexibility index (Phi) is 4.93. The molecule has 4 aliphatic rings. The first-order valence-corrected chi connectivity index (χ1v) is 10.6. The number of benzene rings is 1. The number of hydrogen-bond donors (Lipinski definition) is 0. The Morgan fingerprint density at radius 2 is 1.72 bits per heavy atom. The third-order valence-corrected chi connectivity index (χ3v) is 7.35. The molecule has 1 saturated carbocycles. The van der Waals surface area contributed by atoms with Gasteiger partial charge in [0, 0.05) is 9.89 Å². The van der Waals surface area contributed by atoms with Gasteiger partial charge in [0.2, 0.25) is 0 Å². The number of nitrogens with zero attached hydrogens (tertiary/aromatic N) is 1. The van der Waals surface area contributed by atoms with E-state index in [4.69, 9.17) is 4.74 Å². The molecule has 3 nitrogen and oxygen atoms in total. The maximum atomic E-state index is 13.3. The van der Waals surface area contributed by atoms with Crippen LogP contribution in [-0.4, -0.2) is 37.1 Å². The second-order valence-electron chi connectivity index (χ2n) is 8.32. The molecule has 0 unspecified atom stereocenters. The van der Waals surface area contributed by atoms with Crippen molar-refractivity contribution in [3.8, 4) is 0 Å².